The summed E-state index contributed by atoms with van der Waals surface area (Å²) in [5.41, 5.74) is -2.33. The number of aromatic nitrogens is 1. The van der Waals surface area contributed by atoms with Gasteiger partial charge in [-0.1, -0.05) is 11.6 Å². The summed E-state index contributed by atoms with van der Waals surface area (Å²) in [5.74, 6) is -4.83. The fourth-order valence-corrected chi connectivity index (χ4v) is 2.27. The molecule has 0 fully saturated rings. The topological polar surface area (TPSA) is 68.3 Å². The standard InChI is InChI=1S/C16H10ClF5N2O3/c1-27-15(26)7-2-5-11(16(20,21)22)23-14(7)24-12(25)6-8-9(18)3-4-10(19)13(8)17/h2-5H,6H2,1H3,(H,23,24,25). The highest BCUT2D eigenvalue weighted by molar-refractivity contribution is 6.31. The minimum absolute atomic E-state index is 0.454. The number of hydrogen-bond acceptors (Lipinski definition) is 4. The van der Waals surface area contributed by atoms with E-state index in [0.29, 0.717) is 6.07 Å². The third kappa shape index (κ3) is 4.70. The average Bonchev–Trinajstić information content (AvgIpc) is 2.60. The number of nitrogens with zero attached hydrogens (tertiary/aromatic N) is 1. The number of benzene rings is 1. The van der Waals surface area contributed by atoms with Crippen molar-refractivity contribution >= 4 is 29.3 Å². The number of carbonyl (C=O) groups excluding carboxylic acids is 2. The van der Waals surface area contributed by atoms with E-state index in [2.05, 4.69) is 9.72 Å². The SMILES string of the molecule is COC(=O)c1ccc(C(F)(F)F)nc1NC(=O)Cc1c(F)ccc(F)c1Cl. The highest BCUT2D eigenvalue weighted by Gasteiger charge is 2.34. The van der Waals surface area contributed by atoms with Gasteiger partial charge in [-0.3, -0.25) is 4.79 Å². The van der Waals surface area contributed by atoms with Crippen LogP contribution in [0.25, 0.3) is 0 Å². The van der Waals surface area contributed by atoms with E-state index in [1.165, 1.54) is 0 Å². The van der Waals surface area contributed by atoms with E-state index < -0.39 is 63.8 Å². The summed E-state index contributed by atoms with van der Waals surface area (Å²) in [5, 5.41) is 1.32. The number of esters is 1. The van der Waals surface area contributed by atoms with Crippen molar-refractivity contribution in [1.29, 1.82) is 0 Å². The molecule has 0 aliphatic rings. The Balaban J connectivity index is 2.36. The number of pyridine rings is 1. The monoisotopic (exact) mass is 408 g/mol. The van der Waals surface area contributed by atoms with Crippen LogP contribution in [0.4, 0.5) is 27.8 Å². The number of anilines is 1. The number of halogens is 6. The molecule has 11 heteroatoms. The van der Waals surface area contributed by atoms with Crippen molar-refractivity contribution in [3.8, 4) is 0 Å². The fourth-order valence-electron chi connectivity index (χ4n) is 2.05. The van der Waals surface area contributed by atoms with Gasteiger partial charge >= 0.3 is 12.1 Å². The summed E-state index contributed by atoms with van der Waals surface area (Å²) in [6.45, 7) is 0. The molecule has 0 spiro atoms. The molecular formula is C16H10ClF5N2O3. The highest BCUT2D eigenvalue weighted by atomic mass is 35.5. The van der Waals surface area contributed by atoms with Crippen LogP contribution in [0.5, 0.6) is 0 Å². The third-order valence-corrected chi connectivity index (χ3v) is 3.73. The molecule has 0 aliphatic heterocycles. The van der Waals surface area contributed by atoms with Crippen molar-refractivity contribution < 1.29 is 36.3 Å². The van der Waals surface area contributed by atoms with Crippen LogP contribution < -0.4 is 5.32 Å². The van der Waals surface area contributed by atoms with E-state index in [1.807, 2.05) is 5.32 Å². The van der Waals surface area contributed by atoms with Gasteiger partial charge in [-0.15, -0.1) is 0 Å². The first-order chi connectivity index (χ1) is 12.5. The van der Waals surface area contributed by atoms with Crippen LogP contribution in [0.3, 0.4) is 0 Å². The van der Waals surface area contributed by atoms with Crippen LogP contribution in [0.2, 0.25) is 5.02 Å². The number of amides is 1. The van der Waals surface area contributed by atoms with Crippen LogP contribution in [0, 0.1) is 11.6 Å². The van der Waals surface area contributed by atoms with Gasteiger partial charge in [-0.2, -0.15) is 13.2 Å². The van der Waals surface area contributed by atoms with Crippen LogP contribution >= 0.6 is 11.6 Å². The van der Waals surface area contributed by atoms with Gasteiger partial charge in [0.2, 0.25) is 5.91 Å². The van der Waals surface area contributed by atoms with E-state index in [-0.39, 0.29) is 0 Å². The Morgan fingerprint density at radius 1 is 1.15 bits per heavy atom. The molecule has 1 N–H and O–H groups in total. The molecule has 1 heterocycles. The lowest BCUT2D eigenvalue weighted by atomic mass is 10.1. The molecule has 0 radical (unpaired) electrons. The zero-order valence-electron chi connectivity index (χ0n) is 13.5. The van der Waals surface area contributed by atoms with Gasteiger partial charge in [0, 0.05) is 5.56 Å². The maximum Gasteiger partial charge on any atom is 0.433 e. The number of hydrogen-bond donors (Lipinski definition) is 1. The summed E-state index contributed by atoms with van der Waals surface area (Å²) in [4.78, 5) is 27.0. The largest absolute Gasteiger partial charge is 0.465 e. The Bertz CT molecular complexity index is 902. The second kappa shape index (κ2) is 7.87. The Morgan fingerprint density at radius 3 is 2.37 bits per heavy atom. The predicted molar refractivity (Wildman–Crippen MR) is 84.3 cm³/mol. The van der Waals surface area contributed by atoms with Crippen molar-refractivity contribution in [2.75, 3.05) is 12.4 Å². The first kappa shape index (κ1) is 20.6. The molecule has 0 unspecified atom stereocenters. The molecule has 0 aliphatic carbocycles. The molecule has 1 aromatic carbocycles. The number of carbonyl (C=O) groups is 2. The Hall–Kier alpha value is -2.75. The summed E-state index contributed by atoms with van der Waals surface area (Å²) in [6.07, 6.45) is -5.65. The maximum absolute atomic E-state index is 13.7. The maximum atomic E-state index is 13.7. The summed E-state index contributed by atoms with van der Waals surface area (Å²) in [7, 11) is 0.980. The summed E-state index contributed by atoms with van der Waals surface area (Å²) < 4.78 is 70.0. The van der Waals surface area contributed by atoms with Gasteiger partial charge in [-0.25, -0.2) is 18.6 Å². The molecule has 5 nitrogen and oxygen atoms in total. The summed E-state index contributed by atoms with van der Waals surface area (Å²) in [6, 6.07) is 2.80. The smallest absolute Gasteiger partial charge is 0.433 e. The second-order valence-electron chi connectivity index (χ2n) is 5.13. The van der Waals surface area contributed by atoms with Crippen molar-refractivity contribution in [2.24, 2.45) is 0 Å². The molecule has 0 saturated heterocycles. The van der Waals surface area contributed by atoms with Gasteiger partial charge in [0.15, 0.2) is 0 Å². The Kier molecular flexibility index (Phi) is 5.99. The molecule has 0 atom stereocenters. The fraction of sp³-hybridized carbons (Fsp3) is 0.188. The number of nitrogens with one attached hydrogen (secondary N) is 1. The summed E-state index contributed by atoms with van der Waals surface area (Å²) >= 11 is 5.60. The normalized spacial score (nSPS) is 11.2. The molecule has 2 rings (SSSR count). The molecule has 0 bridgehead atoms. The third-order valence-electron chi connectivity index (χ3n) is 3.33. The Labute approximate surface area is 154 Å². The van der Waals surface area contributed by atoms with Gasteiger partial charge in [0.05, 0.1) is 18.6 Å². The van der Waals surface area contributed by atoms with E-state index >= 15 is 0 Å². The van der Waals surface area contributed by atoms with Gasteiger partial charge < -0.3 is 10.1 Å². The molecule has 2 aromatic rings. The Morgan fingerprint density at radius 2 is 1.78 bits per heavy atom. The number of ether oxygens (including phenoxy) is 1. The van der Waals surface area contributed by atoms with Gasteiger partial charge in [0.1, 0.15) is 28.7 Å². The number of alkyl halides is 3. The minimum Gasteiger partial charge on any atom is -0.465 e. The molecule has 27 heavy (non-hydrogen) atoms. The minimum atomic E-state index is -4.84. The van der Waals surface area contributed by atoms with E-state index in [9.17, 15) is 31.5 Å². The zero-order chi connectivity index (χ0) is 20.4. The molecule has 0 saturated carbocycles. The lowest BCUT2D eigenvalue weighted by molar-refractivity contribution is -0.141. The van der Waals surface area contributed by atoms with E-state index in [4.69, 9.17) is 11.6 Å². The van der Waals surface area contributed by atoms with Crippen molar-refractivity contribution in [2.45, 2.75) is 12.6 Å². The second-order valence-corrected chi connectivity index (χ2v) is 5.51. The van der Waals surface area contributed by atoms with Crippen molar-refractivity contribution in [3.63, 3.8) is 0 Å². The number of methoxy groups -OCH3 is 1. The first-order valence-electron chi connectivity index (χ1n) is 7.13. The average molecular weight is 409 g/mol. The van der Waals surface area contributed by atoms with E-state index in [0.717, 1.165) is 25.3 Å². The lowest BCUT2D eigenvalue weighted by Gasteiger charge is -2.13. The first-order valence-corrected chi connectivity index (χ1v) is 7.51. The molecule has 144 valence electrons. The quantitative estimate of drug-likeness (QED) is 0.472. The number of rotatable bonds is 4. The molecule has 1 aromatic heterocycles. The molecule has 1 amide bonds. The van der Waals surface area contributed by atoms with Gasteiger partial charge in [0.25, 0.3) is 0 Å². The van der Waals surface area contributed by atoms with Crippen molar-refractivity contribution in [1.82, 2.24) is 4.98 Å². The zero-order valence-corrected chi connectivity index (χ0v) is 14.2. The molecular weight excluding hydrogens is 399 g/mol. The van der Waals surface area contributed by atoms with Gasteiger partial charge in [-0.05, 0) is 24.3 Å². The predicted octanol–water partition coefficient (Wildman–Crippen LogP) is 4.00. The van der Waals surface area contributed by atoms with Crippen molar-refractivity contribution in [3.05, 3.63) is 57.7 Å². The van der Waals surface area contributed by atoms with E-state index in [1.54, 1.807) is 0 Å². The highest BCUT2D eigenvalue weighted by Crippen LogP contribution is 2.30. The van der Waals surface area contributed by atoms with Crippen LogP contribution in [-0.4, -0.2) is 24.0 Å². The van der Waals surface area contributed by atoms with Crippen LogP contribution in [0.15, 0.2) is 24.3 Å². The lowest BCUT2D eigenvalue weighted by Crippen LogP contribution is -2.21. The van der Waals surface area contributed by atoms with Crippen LogP contribution in [0.1, 0.15) is 21.6 Å². The van der Waals surface area contributed by atoms with Crippen LogP contribution in [-0.2, 0) is 22.1 Å².